The summed E-state index contributed by atoms with van der Waals surface area (Å²) in [6.07, 6.45) is -5.34. The molecule has 0 atom stereocenters. The molecule has 0 aliphatic heterocycles. The molecule has 0 aromatic rings. The number of carboxylic acid groups (broad SMARTS) is 8. The summed E-state index contributed by atoms with van der Waals surface area (Å²) in [5, 5.41) is 85.0. The maximum atomic E-state index is 10.3. The molecule has 0 bridgehead atoms. The zero-order valence-corrected chi connectivity index (χ0v) is 19.9. The molecule has 0 rings (SSSR count). The third kappa shape index (κ3) is 22.2. The van der Waals surface area contributed by atoms with Crippen LogP contribution in [0.3, 0.4) is 0 Å². The summed E-state index contributed by atoms with van der Waals surface area (Å²) in [5.74, 6) is -12.5. The fraction of sp³-hybridized carbons (Fsp3) is 0.500. The van der Waals surface area contributed by atoms with Gasteiger partial charge in [0.25, 0.3) is 0 Å². The first-order valence-electron chi connectivity index (χ1n) is 8.39. The first-order valence-corrected chi connectivity index (χ1v) is 8.39. The Balaban J connectivity index is -0.000000209. The van der Waals surface area contributed by atoms with Crippen molar-refractivity contribution in [1.82, 2.24) is 0 Å². The minimum absolute atomic E-state index is 0. The zero-order valence-electron chi connectivity index (χ0n) is 17.9. The molecule has 0 unspecified atom stereocenters. The van der Waals surface area contributed by atoms with Gasteiger partial charge in [0.1, 0.15) is 0 Å². The fourth-order valence-corrected chi connectivity index (χ4v) is 1.64. The van der Waals surface area contributed by atoms with Crippen LogP contribution in [0.5, 0.6) is 0 Å². The molecular weight excluding hydrogens is 503 g/mol. The van der Waals surface area contributed by atoms with E-state index < -0.39 is 91.1 Å². The average Bonchev–Trinajstić information content (AvgIpc) is 2.57. The van der Waals surface area contributed by atoms with Crippen molar-refractivity contribution >= 4 is 47.8 Å². The molecule has 0 saturated heterocycles. The van der Waals surface area contributed by atoms with E-state index in [1.807, 2.05) is 0 Å². The smallest absolute Gasteiger partial charge is 0.550 e. The van der Waals surface area contributed by atoms with Gasteiger partial charge < -0.3 is 55.9 Å². The van der Waals surface area contributed by atoms with Gasteiger partial charge in [-0.15, -0.1) is 0 Å². The van der Waals surface area contributed by atoms with Crippen LogP contribution < -0.4 is 34.7 Å². The van der Waals surface area contributed by atoms with Crippen LogP contribution in [0.1, 0.15) is 38.5 Å². The van der Waals surface area contributed by atoms with Gasteiger partial charge in [-0.2, -0.15) is 0 Å². The van der Waals surface area contributed by atoms with Gasteiger partial charge in [-0.1, -0.05) is 0 Å². The number of rotatable bonds is 13. The quantitative estimate of drug-likeness (QED) is 0.101. The van der Waals surface area contributed by atoms with Gasteiger partial charge in [-0.25, -0.2) is 9.59 Å². The predicted molar refractivity (Wildman–Crippen MR) is 96.1 cm³/mol. The molecule has 0 amide bonds. The van der Waals surface area contributed by atoms with Crippen molar-refractivity contribution in [2.45, 2.75) is 49.7 Å². The summed E-state index contributed by atoms with van der Waals surface area (Å²) in [6, 6.07) is 0. The van der Waals surface area contributed by atoms with Crippen molar-refractivity contribution in [1.29, 1.82) is 0 Å². The summed E-state index contributed by atoms with van der Waals surface area (Å²) >= 11 is 0. The first-order chi connectivity index (χ1) is 15.2. The Morgan fingerprint density at radius 1 is 0.486 bits per heavy atom. The molecule has 35 heavy (non-hydrogen) atoms. The van der Waals surface area contributed by atoms with E-state index in [0.29, 0.717) is 0 Å². The number of carbonyl (C=O) groups is 8. The maximum absolute atomic E-state index is 10.3. The van der Waals surface area contributed by atoms with Gasteiger partial charge in [-0.3, -0.25) is 24.0 Å². The van der Waals surface area contributed by atoms with Crippen LogP contribution in [0.4, 0.5) is 0 Å². The molecule has 9 N–H and O–H groups in total. The summed E-state index contributed by atoms with van der Waals surface area (Å²) in [4.78, 5) is 80.1. The van der Waals surface area contributed by atoms with Crippen molar-refractivity contribution in [3.8, 4) is 0 Å². The van der Waals surface area contributed by atoms with Crippen LogP contribution >= 0.6 is 0 Å². The van der Waals surface area contributed by atoms with Gasteiger partial charge in [-0.05, 0) is 6.42 Å². The largest absolute Gasteiger partial charge is 1.00 e. The molecule has 194 valence electrons. The van der Waals surface area contributed by atoms with Crippen molar-refractivity contribution in [2.75, 3.05) is 0 Å². The van der Waals surface area contributed by atoms with Gasteiger partial charge >= 0.3 is 71.3 Å². The average molecular weight is 524 g/mol. The van der Waals surface area contributed by atoms with E-state index in [0.717, 1.165) is 0 Å². The Labute approximate surface area is 216 Å². The second kappa shape index (κ2) is 18.1. The summed E-state index contributed by atoms with van der Waals surface area (Å²) in [5.41, 5.74) is -5.48. The number of carboxylic acids is 8. The van der Waals surface area contributed by atoms with E-state index in [2.05, 4.69) is 0 Å². The minimum Gasteiger partial charge on any atom is -0.550 e. The van der Waals surface area contributed by atoms with Crippen molar-refractivity contribution in [2.24, 2.45) is 0 Å². The van der Waals surface area contributed by atoms with Crippen LogP contribution in [-0.2, 0) is 38.4 Å². The van der Waals surface area contributed by atoms with Crippen LogP contribution in [0.2, 0.25) is 0 Å². The standard InChI is InChI=1S/2C6H8O7.C4H6O4.Na/c2*7-3(8)1-6(13,5(11)12)2-4(9)10;5-3(6)1-2-4(7)8;/h2*13H,1-2H2,(H,7,8)(H,9,10)(H,11,12);1-2H2,(H,5,6)(H,7,8);/q;;;+1/p-1. The molecule has 0 radical (unpaired) electrons. The number of aliphatic hydroxyl groups is 2. The second-order valence-corrected chi connectivity index (χ2v) is 6.22. The summed E-state index contributed by atoms with van der Waals surface area (Å²) in [7, 11) is 0. The molecule has 0 aromatic heterocycles. The number of aliphatic carboxylic acids is 8. The molecule has 0 fully saturated rings. The normalized spacial score (nSPS) is 10.0. The van der Waals surface area contributed by atoms with E-state index in [4.69, 9.17) is 46.0 Å². The van der Waals surface area contributed by atoms with Crippen molar-refractivity contribution in [3.63, 3.8) is 0 Å². The van der Waals surface area contributed by atoms with E-state index >= 15 is 0 Å². The van der Waals surface area contributed by atoms with Gasteiger partial charge in [0.15, 0.2) is 11.2 Å². The second-order valence-electron chi connectivity index (χ2n) is 6.22. The molecule has 19 heteroatoms. The topological polar surface area (TPSA) is 342 Å². The Morgan fingerprint density at radius 3 is 0.800 bits per heavy atom. The third-order valence-electron chi connectivity index (χ3n) is 3.11. The molecule has 0 aliphatic rings. The van der Waals surface area contributed by atoms with Crippen LogP contribution in [-0.4, -0.2) is 105 Å². The molecule has 0 aromatic carbocycles. The van der Waals surface area contributed by atoms with Crippen molar-refractivity contribution in [3.05, 3.63) is 0 Å². The Morgan fingerprint density at radius 2 is 0.714 bits per heavy atom. The molecule has 0 spiro atoms. The molecule has 18 nitrogen and oxygen atoms in total. The SMILES string of the molecule is O=C(O)CC(O)(CC(=O)O)C(=O)O.O=C(O)CC(O)(CC(=O)O)C(=O)O.O=C([O-])CCC(=O)O.[Na+]. The van der Waals surface area contributed by atoms with Gasteiger partial charge in [0, 0.05) is 5.97 Å². The summed E-state index contributed by atoms with van der Waals surface area (Å²) < 4.78 is 0. The number of carbonyl (C=O) groups excluding carboxylic acids is 1. The summed E-state index contributed by atoms with van der Waals surface area (Å²) in [6.45, 7) is 0. The third-order valence-corrected chi connectivity index (χ3v) is 3.11. The van der Waals surface area contributed by atoms with Crippen molar-refractivity contribution < 1.29 is 119 Å². The molecule has 0 heterocycles. The van der Waals surface area contributed by atoms with Crippen LogP contribution in [0, 0.1) is 0 Å². The Kier molecular flexibility index (Phi) is 20.1. The number of hydrogen-bond acceptors (Lipinski definition) is 11. The molecule has 0 saturated carbocycles. The van der Waals surface area contributed by atoms with Gasteiger partial charge in [0.2, 0.25) is 0 Å². The van der Waals surface area contributed by atoms with Crippen LogP contribution in [0.25, 0.3) is 0 Å². The Hall–Kier alpha value is -3.32. The minimum atomic E-state index is -2.74. The van der Waals surface area contributed by atoms with E-state index in [1.165, 1.54) is 0 Å². The Bertz CT molecular complexity index is 704. The number of hydrogen-bond donors (Lipinski definition) is 9. The molecular formula is C16H21NaO18. The van der Waals surface area contributed by atoms with E-state index in [-0.39, 0.29) is 36.0 Å². The fourth-order valence-electron chi connectivity index (χ4n) is 1.64. The predicted octanol–water partition coefficient (Wildman–Crippen LogP) is -6.89. The van der Waals surface area contributed by atoms with E-state index in [9.17, 15) is 43.5 Å². The maximum Gasteiger partial charge on any atom is 1.00 e. The first kappa shape index (κ1) is 38.9. The monoisotopic (exact) mass is 524 g/mol. The molecule has 0 aliphatic carbocycles. The van der Waals surface area contributed by atoms with Gasteiger partial charge in [0.05, 0.1) is 32.1 Å². The zero-order chi connectivity index (χ0) is 27.9. The van der Waals surface area contributed by atoms with Crippen LogP contribution in [0.15, 0.2) is 0 Å². The van der Waals surface area contributed by atoms with E-state index in [1.54, 1.807) is 0 Å².